The number of nitrogens with zero attached hydrogens (tertiary/aromatic N) is 6. The molecule has 1 aromatic heterocycles. The van der Waals surface area contributed by atoms with Crippen molar-refractivity contribution in [3.63, 3.8) is 0 Å². The normalized spacial score (nSPS) is 16.0. The van der Waals surface area contributed by atoms with Gasteiger partial charge in [0.1, 0.15) is 0 Å². The number of hydrogen-bond donors (Lipinski definition) is 1. The molecule has 2 aromatic rings. The van der Waals surface area contributed by atoms with Crippen LogP contribution in [0.25, 0.3) is 5.69 Å². The van der Waals surface area contributed by atoms with Gasteiger partial charge in [0.2, 0.25) is 0 Å². The molecule has 0 radical (unpaired) electrons. The van der Waals surface area contributed by atoms with E-state index in [0.717, 1.165) is 36.1 Å². The Hall–Kier alpha value is -2.09. The van der Waals surface area contributed by atoms with Crippen LogP contribution in [0.1, 0.15) is 5.82 Å². The van der Waals surface area contributed by atoms with Crippen molar-refractivity contribution in [1.29, 1.82) is 0 Å². The van der Waals surface area contributed by atoms with E-state index in [-0.39, 0.29) is 0 Å². The number of guanidine groups is 1. The molecule has 1 aliphatic heterocycles. The van der Waals surface area contributed by atoms with E-state index in [1.54, 1.807) is 4.68 Å². The molecule has 0 saturated carbocycles. The zero-order chi connectivity index (χ0) is 15.2. The Balaban J connectivity index is 1.61. The molecule has 0 spiro atoms. The van der Waals surface area contributed by atoms with Crippen molar-refractivity contribution in [1.82, 2.24) is 25.1 Å². The molecule has 1 aromatic carbocycles. The van der Waals surface area contributed by atoms with Crippen LogP contribution in [0.15, 0.2) is 35.3 Å². The highest BCUT2D eigenvalue weighted by atomic mass is 32.2. The molecule has 1 fully saturated rings. The summed E-state index contributed by atoms with van der Waals surface area (Å²) in [6.45, 7) is 2.53. The van der Waals surface area contributed by atoms with Crippen molar-refractivity contribution in [2.45, 2.75) is 6.42 Å². The molecule has 2 heterocycles. The monoisotopic (exact) mass is 317 g/mol. The molecule has 0 amide bonds. The quantitative estimate of drug-likeness (QED) is 0.655. The fourth-order valence-corrected chi connectivity index (χ4v) is 3.20. The number of benzene rings is 1. The van der Waals surface area contributed by atoms with Crippen LogP contribution in [-0.2, 0) is 6.42 Å². The number of nitrogens with two attached hydrogens (primary N) is 1. The Morgan fingerprint density at radius 3 is 2.77 bits per heavy atom. The van der Waals surface area contributed by atoms with E-state index in [2.05, 4.69) is 25.4 Å². The van der Waals surface area contributed by atoms with E-state index < -0.39 is 0 Å². The summed E-state index contributed by atoms with van der Waals surface area (Å²) in [6, 6.07) is 9.85. The van der Waals surface area contributed by atoms with E-state index in [4.69, 9.17) is 5.73 Å². The summed E-state index contributed by atoms with van der Waals surface area (Å²) < 4.78 is 1.74. The number of tetrazole rings is 1. The number of aromatic nitrogens is 4. The van der Waals surface area contributed by atoms with Crippen molar-refractivity contribution in [3.8, 4) is 5.69 Å². The van der Waals surface area contributed by atoms with Crippen LogP contribution >= 0.6 is 11.8 Å². The summed E-state index contributed by atoms with van der Waals surface area (Å²) in [6.07, 6.45) is 0.658. The zero-order valence-electron chi connectivity index (χ0n) is 12.3. The molecule has 2 N–H and O–H groups in total. The second-order valence-corrected chi connectivity index (χ2v) is 6.16. The molecule has 116 valence electrons. The zero-order valence-corrected chi connectivity index (χ0v) is 13.1. The first-order valence-electron chi connectivity index (χ1n) is 7.30. The summed E-state index contributed by atoms with van der Waals surface area (Å²) in [4.78, 5) is 6.60. The smallest absolute Gasteiger partial charge is 0.191 e. The van der Waals surface area contributed by atoms with Crippen molar-refractivity contribution >= 4 is 17.7 Å². The van der Waals surface area contributed by atoms with Gasteiger partial charge in [-0.2, -0.15) is 16.4 Å². The third kappa shape index (κ3) is 3.56. The second-order valence-electron chi connectivity index (χ2n) is 4.93. The third-order valence-electron chi connectivity index (χ3n) is 3.48. The Bertz CT molecular complexity index is 619. The van der Waals surface area contributed by atoms with Crippen LogP contribution < -0.4 is 5.73 Å². The summed E-state index contributed by atoms with van der Waals surface area (Å²) >= 11 is 1.96. The van der Waals surface area contributed by atoms with Gasteiger partial charge in [0.25, 0.3) is 0 Å². The minimum atomic E-state index is 0.586. The molecule has 0 aliphatic carbocycles. The lowest BCUT2D eigenvalue weighted by Gasteiger charge is -2.27. The van der Waals surface area contributed by atoms with Gasteiger partial charge in [-0.25, -0.2) is 0 Å². The lowest BCUT2D eigenvalue weighted by atomic mass is 10.3. The number of para-hydroxylation sites is 1. The Labute approximate surface area is 133 Å². The minimum Gasteiger partial charge on any atom is -0.370 e. The molecule has 1 saturated heterocycles. The first-order chi connectivity index (χ1) is 10.8. The van der Waals surface area contributed by atoms with E-state index in [1.807, 2.05) is 42.1 Å². The van der Waals surface area contributed by atoms with Crippen LogP contribution in [0.2, 0.25) is 0 Å². The lowest BCUT2D eigenvalue weighted by molar-refractivity contribution is 0.456. The molecule has 1 aliphatic rings. The second kappa shape index (κ2) is 7.26. The standard InChI is InChI=1S/C14H19N7S/c15-14(20-8-10-22-11-9-20)16-7-6-13-17-18-19-21(13)12-4-2-1-3-5-12/h1-5H,6-11H2,(H2,15,16). The van der Waals surface area contributed by atoms with Crippen molar-refractivity contribution in [2.75, 3.05) is 31.1 Å². The Morgan fingerprint density at radius 2 is 2.00 bits per heavy atom. The number of thioether (sulfide) groups is 1. The molecule has 3 rings (SSSR count). The highest BCUT2D eigenvalue weighted by molar-refractivity contribution is 7.99. The molecule has 0 unspecified atom stereocenters. The van der Waals surface area contributed by atoms with Gasteiger partial charge in [0.05, 0.1) is 5.69 Å². The molecular formula is C14H19N7S. The average Bonchev–Trinajstić information content (AvgIpc) is 3.05. The summed E-state index contributed by atoms with van der Waals surface area (Å²) in [7, 11) is 0. The van der Waals surface area contributed by atoms with E-state index >= 15 is 0 Å². The number of rotatable bonds is 4. The van der Waals surface area contributed by atoms with Gasteiger partial charge in [-0.3, -0.25) is 4.99 Å². The molecule has 0 bridgehead atoms. The Morgan fingerprint density at radius 1 is 1.23 bits per heavy atom. The fraction of sp³-hybridized carbons (Fsp3) is 0.429. The molecular weight excluding hydrogens is 298 g/mol. The summed E-state index contributed by atoms with van der Waals surface area (Å²) in [5.41, 5.74) is 7.00. The van der Waals surface area contributed by atoms with E-state index in [1.165, 1.54) is 0 Å². The van der Waals surface area contributed by atoms with Gasteiger partial charge in [-0.15, -0.1) is 5.10 Å². The maximum Gasteiger partial charge on any atom is 0.191 e. The van der Waals surface area contributed by atoms with E-state index in [0.29, 0.717) is 18.9 Å². The van der Waals surface area contributed by atoms with Crippen LogP contribution in [0, 0.1) is 0 Å². The molecule has 22 heavy (non-hydrogen) atoms. The average molecular weight is 317 g/mol. The lowest BCUT2D eigenvalue weighted by Crippen LogP contribution is -2.42. The minimum absolute atomic E-state index is 0.586. The Kier molecular flexibility index (Phi) is 4.89. The highest BCUT2D eigenvalue weighted by Crippen LogP contribution is 2.09. The topological polar surface area (TPSA) is 85.2 Å². The molecule has 8 heteroatoms. The van der Waals surface area contributed by atoms with Gasteiger partial charge in [0.15, 0.2) is 11.8 Å². The van der Waals surface area contributed by atoms with Gasteiger partial charge in [-0.1, -0.05) is 18.2 Å². The number of aliphatic imine (C=N–C) groups is 1. The third-order valence-corrected chi connectivity index (χ3v) is 4.42. The highest BCUT2D eigenvalue weighted by Gasteiger charge is 2.12. The van der Waals surface area contributed by atoms with E-state index in [9.17, 15) is 0 Å². The SMILES string of the molecule is NC(=NCCc1nnnn1-c1ccccc1)N1CCSCC1. The first-order valence-corrected chi connectivity index (χ1v) is 8.45. The predicted octanol–water partition coefficient (Wildman–Crippen LogP) is 0.568. The van der Waals surface area contributed by atoms with Crippen molar-refractivity contribution < 1.29 is 0 Å². The summed E-state index contributed by atoms with van der Waals surface area (Å²) in [5, 5.41) is 11.9. The maximum absolute atomic E-state index is 6.05. The largest absolute Gasteiger partial charge is 0.370 e. The van der Waals surface area contributed by atoms with Crippen LogP contribution in [0.5, 0.6) is 0 Å². The molecule has 0 atom stereocenters. The molecule has 7 nitrogen and oxygen atoms in total. The van der Waals surface area contributed by atoms with Crippen LogP contribution in [0.4, 0.5) is 0 Å². The summed E-state index contributed by atoms with van der Waals surface area (Å²) in [5.74, 6) is 3.64. The van der Waals surface area contributed by atoms with Crippen molar-refractivity contribution in [3.05, 3.63) is 36.2 Å². The van der Waals surface area contributed by atoms with Gasteiger partial charge in [-0.05, 0) is 22.6 Å². The first kappa shape index (κ1) is 14.8. The van der Waals surface area contributed by atoms with Crippen LogP contribution in [-0.4, -0.2) is 62.2 Å². The van der Waals surface area contributed by atoms with Gasteiger partial charge >= 0.3 is 0 Å². The fourth-order valence-electron chi connectivity index (χ4n) is 2.29. The van der Waals surface area contributed by atoms with Gasteiger partial charge in [0, 0.05) is 37.6 Å². The van der Waals surface area contributed by atoms with Gasteiger partial charge < -0.3 is 10.6 Å². The number of hydrogen-bond acceptors (Lipinski definition) is 5. The van der Waals surface area contributed by atoms with Crippen LogP contribution in [0.3, 0.4) is 0 Å². The predicted molar refractivity (Wildman–Crippen MR) is 88.2 cm³/mol. The van der Waals surface area contributed by atoms with Crippen molar-refractivity contribution in [2.24, 2.45) is 10.7 Å². The maximum atomic E-state index is 6.05.